The lowest BCUT2D eigenvalue weighted by atomic mass is 10.0. The van der Waals surface area contributed by atoms with Gasteiger partial charge in [0.15, 0.2) is 0 Å². The van der Waals surface area contributed by atoms with E-state index in [9.17, 15) is 14.4 Å². The van der Waals surface area contributed by atoms with E-state index in [-0.39, 0.29) is 30.3 Å². The maximum absolute atomic E-state index is 12.5. The van der Waals surface area contributed by atoms with E-state index >= 15 is 0 Å². The number of nitrogens with two attached hydrogens (primary N) is 1. The van der Waals surface area contributed by atoms with Gasteiger partial charge >= 0.3 is 0 Å². The molecule has 2 aliphatic rings. The molecule has 2 saturated heterocycles. The number of carbonyl (C=O) groups is 3. The highest BCUT2D eigenvalue weighted by Gasteiger charge is 2.32. The predicted molar refractivity (Wildman–Crippen MR) is 118 cm³/mol. The molecule has 2 aliphatic heterocycles. The highest BCUT2D eigenvalue weighted by atomic mass is 16.2. The summed E-state index contributed by atoms with van der Waals surface area (Å²) in [5.74, 6) is 1.18. The maximum atomic E-state index is 12.5. The van der Waals surface area contributed by atoms with E-state index in [1.54, 1.807) is 4.90 Å². The average molecular weight is 413 g/mol. The molecule has 2 atom stereocenters. The zero-order valence-electron chi connectivity index (χ0n) is 19.7. The first-order chi connectivity index (χ1) is 13.5. The summed E-state index contributed by atoms with van der Waals surface area (Å²) in [6, 6.07) is 0.195. The number of nitrogens with zero attached hydrogens (tertiary/aromatic N) is 2. The summed E-state index contributed by atoms with van der Waals surface area (Å²) in [4.78, 5) is 37.8. The molecule has 0 radical (unpaired) electrons. The van der Waals surface area contributed by atoms with Crippen molar-refractivity contribution in [1.82, 2.24) is 15.1 Å². The number of carbonyl (C=O) groups excluding carboxylic acids is 3. The first-order valence-electron chi connectivity index (χ1n) is 11.0. The van der Waals surface area contributed by atoms with Crippen molar-refractivity contribution in [2.24, 2.45) is 17.6 Å². The third-order valence-corrected chi connectivity index (χ3v) is 4.54. The monoisotopic (exact) mass is 412 g/mol. The number of hydrogen-bond acceptors (Lipinski definition) is 4. The minimum absolute atomic E-state index is 0.0907. The molecule has 29 heavy (non-hydrogen) atoms. The molecule has 2 rings (SSSR count). The first kappa shape index (κ1) is 27.4. The third-order valence-electron chi connectivity index (χ3n) is 4.54. The highest BCUT2D eigenvalue weighted by molar-refractivity contribution is 5.88. The van der Waals surface area contributed by atoms with Gasteiger partial charge in [-0.2, -0.15) is 0 Å². The Morgan fingerprint density at radius 2 is 1.69 bits per heavy atom. The van der Waals surface area contributed by atoms with Crippen molar-refractivity contribution < 1.29 is 14.4 Å². The Hall–Kier alpha value is -1.63. The number of rotatable bonds is 4. The van der Waals surface area contributed by atoms with E-state index in [1.807, 2.05) is 4.90 Å². The van der Waals surface area contributed by atoms with Crippen LogP contribution in [0.15, 0.2) is 0 Å². The van der Waals surface area contributed by atoms with E-state index in [2.05, 4.69) is 52.6 Å². The maximum Gasteiger partial charge on any atom is 0.242 e. The number of primary amides is 1. The van der Waals surface area contributed by atoms with Gasteiger partial charge in [0, 0.05) is 32.6 Å². The van der Waals surface area contributed by atoms with Gasteiger partial charge in [-0.25, -0.2) is 0 Å². The fourth-order valence-corrected chi connectivity index (χ4v) is 3.33. The van der Waals surface area contributed by atoms with Crippen LogP contribution in [-0.2, 0) is 14.4 Å². The van der Waals surface area contributed by atoms with Gasteiger partial charge in [0.1, 0.15) is 0 Å². The first-order valence-corrected chi connectivity index (χ1v) is 11.0. The van der Waals surface area contributed by atoms with Crippen molar-refractivity contribution in [3.05, 3.63) is 0 Å². The molecule has 7 nitrogen and oxygen atoms in total. The van der Waals surface area contributed by atoms with Crippen LogP contribution in [0.1, 0.15) is 74.1 Å². The fraction of sp³-hybridized carbons (Fsp3) is 0.864. The Bertz CT molecular complexity index is 502. The van der Waals surface area contributed by atoms with E-state index < -0.39 is 0 Å². The van der Waals surface area contributed by atoms with Gasteiger partial charge < -0.3 is 20.9 Å². The quantitative estimate of drug-likeness (QED) is 0.741. The van der Waals surface area contributed by atoms with Gasteiger partial charge in [0.25, 0.3) is 0 Å². The predicted octanol–water partition coefficient (Wildman–Crippen LogP) is 2.39. The zero-order valence-corrected chi connectivity index (χ0v) is 19.7. The van der Waals surface area contributed by atoms with E-state index in [0.29, 0.717) is 18.5 Å². The lowest BCUT2D eigenvalue weighted by molar-refractivity contribution is -0.145. The molecule has 0 aromatic heterocycles. The number of likely N-dealkylation sites (tertiary alicyclic amines) is 1. The number of amides is 3. The summed E-state index contributed by atoms with van der Waals surface area (Å²) < 4.78 is 0. The molecular formula is C22H44N4O3. The molecule has 7 heteroatoms. The van der Waals surface area contributed by atoms with Crippen LogP contribution in [0, 0.1) is 11.8 Å². The molecule has 0 bridgehead atoms. The van der Waals surface area contributed by atoms with Crippen LogP contribution in [0.5, 0.6) is 0 Å². The summed E-state index contributed by atoms with van der Waals surface area (Å²) in [5, 5.41) is 3.28. The Kier molecular flexibility index (Phi) is 13.6. The topological polar surface area (TPSA) is 95.7 Å². The van der Waals surface area contributed by atoms with Crippen LogP contribution in [0.4, 0.5) is 0 Å². The molecule has 2 fully saturated rings. The van der Waals surface area contributed by atoms with Crippen molar-refractivity contribution >= 4 is 17.7 Å². The average Bonchev–Trinajstić information content (AvgIpc) is 2.57. The minimum atomic E-state index is -0.333. The van der Waals surface area contributed by atoms with Crippen molar-refractivity contribution in [1.29, 1.82) is 0 Å². The molecule has 2 heterocycles. The summed E-state index contributed by atoms with van der Waals surface area (Å²) in [7, 11) is 0. The molecule has 0 saturated carbocycles. The van der Waals surface area contributed by atoms with Crippen LogP contribution in [0.2, 0.25) is 0 Å². The number of piperazine rings is 1. The third kappa shape index (κ3) is 12.5. The van der Waals surface area contributed by atoms with Crippen molar-refractivity contribution in [2.75, 3.05) is 26.2 Å². The second-order valence-corrected chi connectivity index (χ2v) is 9.17. The lowest BCUT2D eigenvalue weighted by Gasteiger charge is -2.37. The Morgan fingerprint density at radius 1 is 1.14 bits per heavy atom. The Morgan fingerprint density at radius 3 is 2.17 bits per heavy atom. The van der Waals surface area contributed by atoms with Crippen LogP contribution in [-0.4, -0.2) is 65.8 Å². The van der Waals surface area contributed by atoms with Crippen LogP contribution >= 0.6 is 0 Å². The minimum Gasteiger partial charge on any atom is -0.370 e. The Labute approximate surface area is 177 Å². The van der Waals surface area contributed by atoms with Crippen molar-refractivity contribution in [2.45, 2.75) is 86.2 Å². The zero-order chi connectivity index (χ0) is 22.6. The molecule has 0 aromatic carbocycles. The van der Waals surface area contributed by atoms with Gasteiger partial charge in [0.2, 0.25) is 17.7 Å². The summed E-state index contributed by atoms with van der Waals surface area (Å²) in [6.45, 7) is 16.7. The molecule has 2 unspecified atom stereocenters. The van der Waals surface area contributed by atoms with Gasteiger partial charge in [0.05, 0.1) is 12.6 Å². The van der Waals surface area contributed by atoms with Gasteiger partial charge in [-0.3, -0.25) is 14.4 Å². The van der Waals surface area contributed by atoms with Crippen LogP contribution in [0.25, 0.3) is 0 Å². The van der Waals surface area contributed by atoms with E-state index in [4.69, 9.17) is 0 Å². The molecule has 3 amide bonds. The molecule has 170 valence electrons. The Balaban J connectivity index is 0.000000837. The van der Waals surface area contributed by atoms with Crippen LogP contribution < -0.4 is 11.1 Å². The standard InChI is InChI=1S/C16H29N3O2.C4H10.C2H5NO/c1-12(2)10-14-16(21)18(9-7-17-14)11-15(20)19-8-5-4-6-13(19)3;1-4(2)3;1-2(3)4/h12-14,17H,4-11H2,1-3H3;4H,1-3H3;1H3,(H2,3,4). The molecule has 0 spiro atoms. The summed E-state index contributed by atoms with van der Waals surface area (Å²) in [5.41, 5.74) is 4.47. The normalized spacial score (nSPS) is 21.9. The van der Waals surface area contributed by atoms with E-state index in [1.165, 1.54) is 13.3 Å². The largest absolute Gasteiger partial charge is 0.370 e. The molecule has 0 aromatic rings. The fourth-order valence-electron chi connectivity index (χ4n) is 3.33. The number of hydrogen-bond donors (Lipinski definition) is 2. The van der Waals surface area contributed by atoms with Crippen molar-refractivity contribution in [3.63, 3.8) is 0 Å². The van der Waals surface area contributed by atoms with Gasteiger partial charge in [-0.1, -0.05) is 34.6 Å². The lowest BCUT2D eigenvalue weighted by Crippen LogP contribution is -2.58. The van der Waals surface area contributed by atoms with Gasteiger partial charge in [-0.15, -0.1) is 0 Å². The highest BCUT2D eigenvalue weighted by Crippen LogP contribution is 2.17. The molecular weight excluding hydrogens is 368 g/mol. The van der Waals surface area contributed by atoms with Crippen LogP contribution in [0.3, 0.4) is 0 Å². The molecule has 3 N–H and O–H groups in total. The second-order valence-electron chi connectivity index (χ2n) is 9.17. The summed E-state index contributed by atoms with van der Waals surface area (Å²) in [6.07, 6.45) is 4.20. The second kappa shape index (κ2) is 14.4. The number of nitrogens with one attached hydrogen (secondary N) is 1. The van der Waals surface area contributed by atoms with Crippen molar-refractivity contribution in [3.8, 4) is 0 Å². The summed E-state index contributed by atoms with van der Waals surface area (Å²) >= 11 is 0. The smallest absolute Gasteiger partial charge is 0.242 e. The van der Waals surface area contributed by atoms with E-state index in [0.717, 1.165) is 38.3 Å². The number of piperidine rings is 1. The molecule has 0 aliphatic carbocycles. The van der Waals surface area contributed by atoms with Gasteiger partial charge in [-0.05, 0) is 44.4 Å². The SMILES string of the molecule is CC(C)C.CC(C)CC1NCCN(CC(=O)N2CCCCC2C)C1=O.CC(N)=O.